The molecule has 3 rings (SSSR count). The summed E-state index contributed by atoms with van der Waals surface area (Å²) in [5.74, 6) is -1.01. The Morgan fingerprint density at radius 3 is 2.54 bits per heavy atom. The minimum absolute atomic E-state index is 0.161. The van der Waals surface area contributed by atoms with Gasteiger partial charge in [-0.1, -0.05) is 36.7 Å². The van der Waals surface area contributed by atoms with Crippen molar-refractivity contribution in [1.29, 1.82) is 0 Å². The molecule has 0 radical (unpaired) electrons. The first-order valence-corrected chi connectivity index (χ1v) is 9.26. The van der Waals surface area contributed by atoms with Crippen molar-refractivity contribution < 1.29 is 9.59 Å². The SMILES string of the molecule is CCn1cc(NC(=O)C(C)Cn2cc(Cl)cn2)c(C(=O)Nc2ccccc2)n1. The van der Waals surface area contributed by atoms with Gasteiger partial charge in [-0.05, 0) is 19.1 Å². The molecule has 2 aromatic heterocycles. The lowest BCUT2D eigenvalue weighted by atomic mass is 10.1. The number of para-hydroxylation sites is 1. The van der Waals surface area contributed by atoms with Gasteiger partial charge in [0.2, 0.25) is 5.91 Å². The van der Waals surface area contributed by atoms with Gasteiger partial charge in [-0.3, -0.25) is 19.0 Å². The van der Waals surface area contributed by atoms with Gasteiger partial charge in [0, 0.05) is 24.6 Å². The molecular formula is C19H21ClN6O2. The van der Waals surface area contributed by atoms with E-state index in [-0.39, 0.29) is 23.4 Å². The summed E-state index contributed by atoms with van der Waals surface area (Å²) in [6.07, 6.45) is 4.82. The Labute approximate surface area is 167 Å². The van der Waals surface area contributed by atoms with Crippen molar-refractivity contribution in [3.63, 3.8) is 0 Å². The summed E-state index contributed by atoms with van der Waals surface area (Å²) in [6.45, 7) is 4.62. The molecule has 9 heteroatoms. The number of halogens is 1. The van der Waals surface area contributed by atoms with Crippen LogP contribution in [0.5, 0.6) is 0 Å². The molecule has 146 valence electrons. The molecular weight excluding hydrogens is 380 g/mol. The lowest BCUT2D eigenvalue weighted by Crippen LogP contribution is -2.25. The lowest BCUT2D eigenvalue weighted by Gasteiger charge is -2.12. The van der Waals surface area contributed by atoms with E-state index in [1.165, 1.54) is 6.20 Å². The number of nitrogens with one attached hydrogen (secondary N) is 2. The number of carbonyl (C=O) groups is 2. The zero-order chi connectivity index (χ0) is 20.1. The van der Waals surface area contributed by atoms with E-state index >= 15 is 0 Å². The van der Waals surface area contributed by atoms with Crippen molar-refractivity contribution in [2.75, 3.05) is 10.6 Å². The molecule has 0 bridgehead atoms. The summed E-state index contributed by atoms with van der Waals surface area (Å²) < 4.78 is 3.21. The maximum Gasteiger partial charge on any atom is 0.278 e. The minimum atomic E-state index is -0.389. The van der Waals surface area contributed by atoms with E-state index < -0.39 is 0 Å². The molecule has 0 aliphatic carbocycles. The number of hydrogen-bond acceptors (Lipinski definition) is 4. The number of aromatic nitrogens is 4. The molecule has 2 heterocycles. The van der Waals surface area contributed by atoms with E-state index in [9.17, 15) is 9.59 Å². The normalized spacial score (nSPS) is 11.8. The van der Waals surface area contributed by atoms with E-state index in [1.54, 1.807) is 40.8 Å². The quantitative estimate of drug-likeness (QED) is 0.636. The third-order valence-electron chi connectivity index (χ3n) is 4.10. The third kappa shape index (κ3) is 4.77. The van der Waals surface area contributed by atoms with Crippen molar-refractivity contribution in [3.05, 3.63) is 59.6 Å². The van der Waals surface area contributed by atoms with E-state index in [2.05, 4.69) is 20.8 Å². The van der Waals surface area contributed by atoms with Crippen LogP contribution in [0.3, 0.4) is 0 Å². The van der Waals surface area contributed by atoms with Gasteiger partial charge in [-0.25, -0.2) is 0 Å². The highest BCUT2D eigenvalue weighted by Crippen LogP contribution is 2.18. The fourth-order valence-corrected chi connectivity index (χ4v) is 2.77. The van der Waals surface area contributed by atoms with Crippen LogP contribution in [0.4, 0.5) is 11.4 Å². The number of aryl methyl sites for hydroxylation is 1. The monoisotopic (exact) mass is 400 g/mol. The van der Waals surface area contributed by atoms with E-state index in [4.69, 9.17) is 11.6 Å². The smallest absolute Gasteiger partial charge is 0.278 e. The summed E-state index contributed by atoms with van der Waals surface area (Å²) in [6, 6.07) is 9.08. The summed E-state index contributed by atoms with van der Waals surface area (Å²) in [5.41, 5.74) is 1.18. The van der Waals surface area contributed by atoms with Gasteiger partial charge in [0.25, 0.3) is 5.91 Å². The Bertz CT molecular complexity index is 966. The second-order valence-electron chi connectivity index (χ2n) is 6.34. The average Bonchev–Trinajstić information content (AvgIpc) is 3.28. The predicted octanol–water partition coefficient (Wildman–Crippen LogP) is 3.28. The number of nitrogens with zero attached hydrogens (tertiary/aromatic N) is 4. The first-order chi connectivity index (χ1) is 13.5. The number of amides is 2. The van der Waals surface area contributed by atoms with Crippen LogP contribution in [-0.4, -0.2) is 31.4 Å². The second-order valence-corrected chi connectivity index (χ2v) is 6.77. The molecule has 0 aliphatic heterocycles. The fourth-order valence-electron chi connectivity index (χ4n) is 2.61. The molecule has 1 atom stereocenters. The highest BCUT2D eigenvalue weighted by Gasteiger charge is 2.21. The molecule has 28 heavy (non-hydrogen) atoms. The standard InChI is InChI=1S/C19H21ClN6O2/c1-3-25-12-16(17(24-25)19(28)22-15-7-5-4-6-8-15)23-18(27)13(2)10-26-11-14(20)9-21-26/h4-9,11-13H,3,10H2,1-2H3,(H,22,28)(H,23,27). The van der Waals surface area contributed by atoms with Gasteiger partial charge >= 0.3 is 0 Å². The molecule has 3 aromatic rings. The Hall–Kier alpha value is -3.13. The molecule has 0 fully saturated rings. The minimum Gasteiger partial charge on any atom is -0.322 e. The van der Waals surface area contributed by atoms with Crippen LogP contribution in [0.1, 0.15) is 24.3 Å². The van der Waals surface area contributed by atoms with Crippen molar-refractivity contribution in [2.45, 2.75) is 26.9 Å². The molecule has 0 saturated carbocycles. The number of hydrogen-bond donors (Lipinski definition) is 2. The molecule has 0 aliphatic rings. The number of carbonyl (C=O) groups excluding carboxylic acids is 2. The second kappa shape index (κ2) is 8.71. The first-order valence-electron chi connectivity index (χ1n) is 8.89. The van der Waals surface area contributed by atoms with Gasteiger partial charge in [-0.15, -0.1) is 0 Å². The van der Waals surface area contributed by atoms with Gasteiger partial charge in [0.15, 0.2) is 5.69 Å². The Balaban J connectivity index is 1.72. The summed E-state index contributed by atoms with van der Waals surface area (Å²) in [7, 11) is 0. The first kappa shape index (κ1) is 19.6. The summed E-state index contributed by atoms with van der Waals surface area (Å²) in [4.78, 5) is 25.2. The van der Waals surface area contributed by atoms with Gasteiger partial charge in [0.1, 0.15) is 0 Å². The van der Waals surface area contributed by atoms with Crippen LogP contribution in [0.2, 0.25) is 5.02 Å². The van der Waals surface area contributed by atoms with Crippen LogP contribution in [0, 0.1) is 5.92 Å². The van der Waals surface area contributed by atoms with Crippen LogP contribution >= 0.6 is 11.6 Å². The molecule has 0 saturated heterocycles. The van der Waals surface area contributed by atoms with Gasteiger partial charge < -0.3 is 10.6 Å². The van der Waals surface area contributed by atoms with Crippen LogP contribution in [0.15, 0.2) is 48.9 Å². The number of benzene rings is 1. The van der Waals surface area contributed by atoms with Crippen LogP contribution in [0.25, 0.3) is 0 Å². The topological polar surface area (TPSA) is 93.8 Å². The molecule has 0 spiro atoms. The van der Waals surface area contributed by atoms with Crippen molar-refractivity contribution in [1.82, 2.24) is 19.6 Å². The Morgan fingerprint density at radius 1 is 1.14 bits per heavy atom. The van der Waals surface area contributed by atoms with Gasteiger partial charge in [0.05, 0.1) is 29.4 Å². The molecule has 8 nitrogen and oxygen atoms in total. The van der Waals surface area contributed by atoms with E-state index in [1.807, 2.05) is 25.1 Å². The zero-order valence-electron chi connectivity index (χ0n) is 15.6. The van der Waals surface area contributed by atoms with Crippen molar-refractivity contribution in [2.24, 2.45) is 5.92 Å². The maximum absolute atomic E-state index is 12.6. The average molecular weight is 401 g/mol. The largest absolute Gasteiger partial charge is 0.322 e. The molecule has 1 unspecified atom stereocenters. The molecule has 1 aromatic carbocycles. The fraction of sp³-hybridized carbons (Fsp3) is 0.263. The van der Waals surface area contributed by atoms with E-state index in [0.717, 1.165) is 0 Å². The van der Waals surface area contributed by atoms with Crippen molar-refractivity contribution >= 4 is 34.8 Å². The van der Waals surface area contributed by atoms with Crippen LogP contribution < -0.4 is 10.6 Å². The highest BCUT2D eigenvalue weighted by atomic mass is 35.5. The predicted molar refractivity (Wildman–Crippen MR) is 107 cm³/mol. The third-order valence-corrected chi connectivity index (χ3v) is 4.30. The maximum atomic E-state index is 12.6. The van der Waals surface area contributed by atoms with Gasteiger partial charge in [-0.2, -0.15) is 10.2 Å². The van der Waals surface area contributed by atoms with E-state index in [0.29, 0.717) is 29.5 Å². The Morgan fingerprint density at radius 2 is 1.89 bits per heavy atom. The van der Waals surface area contributed by atoms with Crippen molar-refractivity contribution in [3.8, 4) is 0 Å². The summed E-state index contributed by atoms with van der Waals surface area (Å²) in [5, 5.41) is 14.5. The zero-order valence-corrected chi connectivity index (χ0v) is 16.3. The number of rotatable bonds is 7. The lowest BCUT2D eigenvalue weighted by molar-refractivity contribution is -0.119. The van der Waals surface area contributed by atoms with Crippen LogP contribution in [-0.2, 0) is 17.9 Å². The number of anilines is 2. The summed E-state index contributed by atoms with van der Waals surface area (Å²) >= 11 is 5.85. The molecule has 2 N–H and O–H groups in total. The Kier molecular flexibility index (Phi) is 6.10. The molecule has 2 amide bonds. The highest BCUT2D eigenvalue weighted by molar-refractivity contribution is 6.30.